The predicted molar refractivity (Wildman–Crippen MR) is 162 cm³/mol. The number of ether oxygens (including phenoxy) is 3. The summed E-state index contributed by atoms with van der Waals surface area (Å²) in [5, 5.41) is 0.0436. The number of aromatic nitrogens is 1. The molecular formula is C34H46F3NO4Si. The van der Waals surface area contributed by atoms with Crippen molar-refractivity contribution in [1.29, 1.82) is 0 Å². The van der Waals surface area contributed by atoms with Crippen LogP contribution >= 0.6 is 0 Å². The monoisotopic (exact) mass is 617 g/mol. The van der Waals surface area contributed by atoms with Crippen LogP contribution in [0.5, 0.6) is 5.75 Å². The molecule has 4 aliphatic rings. The topological polar surface area (TPSA) is 49.8 Å². The zero-order valence-corrected chi connectivity index (χ0v) is 27.8. The first-order valence-corrected chi connectivity index (χ1v) is 18.7. The Morgan fingerprint density at radius 3 is 2.26 bits per heavy atom. The van der Waals surface area contributed by atoms with Crippen LogP contribution in [0.3, 0.4) is 0 Å². The molecule has 2 aliphatic carbocycles. The Hall–Kier alpha value is -1.94. The second-order valence-corrected chi connectivity index (χ2v) is 19.9. The standard InChI is InChI=1S/C34H46F3NO4Si/c1-20(2)29-27-28(26-23(38-29)18-32(11-12-32)19-25(26)42-43(7,8)31(3,4)5)33(13-15-40-16-14-33)41-30(27)21-9-10-22(34(35,36)37)24(17-21)39-6/h9-10,17,20,25,30H,11-16,18-19H2,1-8H3/t25-,30-/m0/s1. The molecule has 2 atom stereocenters. The van der Waals surface area contributed by atoms with Crippen LogP contribution in [0.25, 0.3) is 0 Å². The summed E-state index contributed by atoms with van der Waals surface area (Å²) >= 11 is 0. The normalized spacial score (nSPS) is 24.4. The van der Waals surface area contributed by atoms with Gasteiger partial charge in [-0.15, -0.1) is 0 Å². The Morgan fingerprint density at radius 2 is 1.70 bits per heavy atom. The van der Waals surface area contributed by atoms with Gasteiger partial charge < -0.3 is 18.6 Å². The predicted octanol–water partition coefficient (Wildman–Crippen LogP) is 9.15. The van der Waals surface area contributed by atoms with Crippen LogP contribution in [0.4, 0.5) is 13.2 Å². The summed E-state index contributed by atoms with van der Waals surface area (Å²) in [6.07, 6.45) is 0.512. The number of fused-ring (bicyclic) bond motifs is 4. The van der Waals surface area contributed by atoms with Gasteiger partial charge in [-0.25, -0.2) is 0 Å². The Balaban J connectivity index is 1.59. The van der Waals surface area contributed by atoms with Crippen molar-refractivity contribution < 1.29 is 31.8 Å². The van der Waals surface area contributed by atoms with E-state index in [1.165, 1.54) is 37.1 Å². The Morgan fingerprint density at radius 1 is 1.02 bits per heavy atom. The van der Waals surface area contributed by atoms with Crippen LogP contribution in [0, 0.1) is 5.41 Å². The number of nitrogens with zero attached hydrogens (tertiary/aromatic N) is 1. The van der Waals surface area contributed by atoms with Crippen molar-refractivity contribution in [2.75, 3.05) is 20.3 Å². The molecule has 0 bridgehead atoms. The van der Waals surface area contributed by atoms with Gasteiger partial charge in [0.1, 0.15) is 11.9 Å². The van der Waals surface area contributed by atoms with Crippen molar-refractivity contribution in [3.8, 4) is 5.75 Å². The second kappa shape index (κ2) is 10.3. The Kier molecular flexibility index (Phi) is 7.43. The number of rotatable bonds is 5. The molecule has 6 rings (SSSR count). The summed E-state index contributed by atoms with van der Waals surface area (Å²) in [6.45, 7) is 16.9. The zero-order chi connectivity index (χ0) is 31.2. The Bertz CT molecular complexity index is 1400. The summed E-state index contributed by atoms with van der Waals surface area (Å²) < 4.78 is 67.0. The molecule has 2 spiro atoms. The fraction of sp³-hybridized carbons (Fsp3) is 0.676. The fourth-order valence-electron chi connectivity index (χ4n) is 7.23. The highest BCUT2D eigenvalue weighted by Crippen LogP contribution is 2.63. The summed E-state index contributed by atoms with van der Waals surface area (Å²) in [5.74, 6) is -0.0942. The first-order valence-electron chi connectivity index (χ1n) is 15.8. The minimum absolute atomic E-state index is 0.0436. The average Bonchev–Trinajstić information content (AvgIpc) is 3.58. The molecule has 43 heavy (non-hydrogen) atoms. The minimum atomic E-state index is -4.52. The van der Waals surface area contributed by atoms with E-state index in [4.69, 9.17) is 23.6 Å². The van der Waals surface area contributed by atoms with E-state index in [-0.39, 0.29) is 28.2 Å². The van der Waals surface area contributed by atoms with Crippen molar-refractivity contribution >= 4 is 8.32 Å². The van der Waals surface area contributed by atoms with E-state index in [1.807, 2.05) is 0 Å². The van der Waals surface area contributed by atoms with E-state index >= 15 is 0 Å². The lowest BCUT2D eigenvalue weighted by Gasteiger charge is -2.44. The van der Waals surface area contributed by atoms with E-state index in [0.29, 0.717) is 31.6 Å². The molecule has 0 N–H and O–H groups in total. The van der Waals surface area contributed by atoms with Gasteiger partial charge in [0.25, 0.3) is 0 Å². The lowest BCUT2D eigenvalue weighted by atomic mass is 9.73. The molecule has 1 aromatic carbocycles. The lowest BCUT2D eigenvalue weighted by molar-refractivity contribution is -0.139. The highest BCUT2D eigenvalue weighted by Gasteiger charge is 2.57. The van der Waals surface area contributed by atoms with Crippen LogP contribution in [0.15, 0.2) is 18.2 Å². The van der Waals surface area contributed by atoms with Gasteiger partial charge in [0, 0.05) is 48.6 Å². The third-order valence-electron chi connectivity index (χ3n) is 10.8. The van der Waals surface area contributed by atoms with Crippen molar-refractivity contribution in [3.05, 3.63) is 57.4 Å². The van der Waals surface area contributed by atoms with Gasteiger partial charge in [0.15, 0.2) is 8.32 Å². The molecule has 1 saturated heterocycles. The van der Waals surface area contributed by atoms with Crippen LogP contribution in [-0.2, 0) is 32.1 Å². The van der Waals surface area contributed by atoms with Gasteiger partial charge in [0.05, 0.1) is 24.4 Å². The van der Waals surface area contributed by atoms with Crippen LogP contribution in [0.2, 0.25) is 18.1 Å². The van der Waals surface area contributed by atoms with Gasteiger partial charge in [-0.2, -0.15) is 13.2 Å². The van der Waals surface area contributed by atoms with Gasteiger partial charge in [0.2, 0.25) is 0 Å². The van der Waals surface area contributed by atoms with E-state index < -0.39 is 31.8 Å². The van der Waals surface area contributed by atoms with Crippen molar-refractivity contribution in [2.45, 2.75) is 121 Å². The van der Waals surface area contributed by atoms with Crippen LogP contribution < -0.4 is 4.74 Å². The molecule has 3 heterocycles. The molecule has 2 aromatic rings. The third kappa shape index (κ3) is 5.26. The first-order chi connectivity index (χ1) is 20.0. The maximum atomic E-state index is 13.8. The molecule has 1 aromatic heterocycles. The quantitative estimate of drug-likeness (QED) is 0.313. The highest BCUT2D eigenvalue weighted by molar-refractivity contribution is 6.74. The van der Waals surface area contributed by atoms with Crippen molar-refractivity contribution in [1.82, 2.24) is 4.98 Å². The molecule has 236 valence electrons. The van der Waals surface area contributed by atoms with E-state index in [0.717, 1.165) is 35.9 Å². The van der Waals surface area contributed by atoms with Crippen LogP contribution in [-0.4, -0.2) is 33.6 Å². The molecule has 9 heteroatoms. The highest BCUT2D eigenvalue weighted by atomic mass is 28.4. The summed E-state index contributed by atoms with van der Waals surface area (Å²) in [7, 11) is -0.875. The maximum Gasteiger partial charge on any atom is 0.419 e. The Labute approximate surface area is 255 Å². The lowest BCUT2D eigenvalue weighted by Crippen LogP contribution is -2.44. The fourth-order valence-corrected chi connectivity index (χ4v) is 8.49. The zero-order valence-electron chi connectivity index (χ0n) is 26.8. The molecule has 1 saturated carbocycles. The molecular weight excluding hydrogens is 571 g/mol. The average molecular weight is 618 g/mol. The molecule has 0 unspecified atom stereocenters. The smallest absolute Gasteiger partial charge is 0.419 e. The molecule has 2 fully saturated rings. The number of pyridine rings is 1. The SMILES string of the molecule is COc1cc([C@@H]2OC3(CCOCC3)c3c2c(C(C)C)nc2c3[C@@H](O[Si](C)(C)C(C)(C)C)CC3(CC3)C2)ccc1C(F)(F)F. The number of hydrogen-bond acceptors (Lipinski definition) is 5. The van der Waals surface area contributed by atoms with E-state index in [1.54, 1.807) is 6.07 Å². The summed E-state index contributed by atoms with van der Waals surface area (Å²) in [6, 6.07) is 4.17. The second-order valence-electron chi connectivity index (χ2n) is 15.1. The number of methoxy groups -OCH3 is 1. The van der Waals surface area contributed by atoms with Crippen molar-refractivity contribution in [3.63, 3.8) is 0 Å². The van der Waals surface area contributed by atoms with E-state index in [9.17, 15) is 13.2 Å². The number of benzene rings is 1. The summed E-state index contributed by atoms with van der Waals surface area (Å²) in [5.41, 5.74) is 4.97. The molecule has 0 radical (unpaired) electrons. The first kappa shape index (κ1) is 31.1. The van der Waals surface area contributed by atoms with Gasteiger partial charge in [-0.3, -0.25) is 4.98 Å². The van der Waals surface area contributed by atoms with E-state index in [2.05, 4.69) is 47.7 Å². The number of alkyl halides is 3. The molecule has 2 aliphatic heterocycles. The van der Waals surface area contributed by atoms with Gasteiger partial charge in [-0.05, 0) is 78.4 Å². The third-order valence-corrected chi connectivity index (χ3v) is 15.3. The van der Waals surface area contributed by atoms with Gasteiger partial charge in [-0.1, -0.05) is 40.7 Å². The number of hydrogen-bond donors (Lipinski definition) is 0. The largest absolute Gasteiger partial charge is 0.496 e. The molecule has 5 nitrogen and oxygen atoms in total. The summed E-state index contributed by atoms with van der Waals surface area (Å²) in [4.78, 5) is 5.43. The van der Waals surface area contributed by atoms with Crippen molar-refractivity contribution in [2.24, 2.45) is 5.41 Å². The number of halogens is 3. The minimum Gasteiger partial charge on any atom is -0.496 e. The molecule has 0 amide bonds. The maximum absolute atomic E-state index is 13.8. The van der Waals surface area contributed by atoms with Gasteiger partial charge >= 0.3 is 6.18 Å². The van der Waals surface area contributed by atoms with Crippen LogP contribution in [0.1, 0.15) is 124 Å².